The van der Waals surface area contributed by atoms with Crippen LogP contribution in [0.5, 0.6) is 0 Å². The summed E-state index contributed by atoms with van der Waals surface area (Å²) in [5.74, 6) is 0.612. The molecule has 6 unspecified atom stereocenters. The second-order valence-electron chi connectivity index (χ2n) is 13.1. The van der Waals surface area contributed by atoms with Gasteiger partial charge in [0.25, 0.3) is 0 Å². The van der Waals surface area contributed by atoms with Gasteiger partial charge in [0.05, 0.1) is 35.2 Å². The third-order valence-corrected chi connectivity index (χ3v) is 11.9. The largest absolute Gasteiger partial charge is 0.393 e. The number of fused-ring (bicyclic) bond motifs is 8. The SMILES string of the molecule is CCCC1O[C@@H]2CC3C4CCC5=CC(=O)C=CC5(C)C4[C@@H](O)CC3(C)[C@]2(C(=O)CSc2cnc3ccccc3n2)O1. The maximum atomic E-state index is 14.5. The number of aliphatic hydroxyl groups is 1. The molecule has 8 heteroatoms. The maximum Gasteiger partial charge on any atom is 0.178 e. The fourth-order valence-electron chi connectivity index (χ4n) is 9.26. The van der Waals surface area contributed by atoms with Gasteiger partial charge in [0, 0.05) is 16.7 Å². The highest BCUT2D eigenvalue weighted by Gasteiger charge is 2.75. The van der Waals surface area contributed by atoms with Gasteiger partial charge in [0.2, 0.25) is 0 Å². The van der Waals surface area contributed by atoms with Crippen molar-refractivity contribution in [1.82, 2.24) is 9.97 Å². The molecule has 41 heavy (non-hydrogen) atoms. The molecule has 9 atom stereocenters. The van der Waals surface area contributed by atoms with Crippen LogP contribution >= 0.6 is 11.8 Å². The van der Waals surface area contributed by atoms with Crippen LogP contribution in [0.3, 0.4) is 0 Å². The molecule has 0 spiro atoms. The lowest BCUT2D eigenvalue weighted by atomic mass is 9.46. The van der Waals surface area contributed by atoms with Crippen LogP contribution in [0.2, 0.25) is 0 Å². The first-order chi connectivity index (χ1) is 19.7. The number of thioether (sulfide) groups is 1. The maximum absolute atomic E-state index is 14.5. The fourth-order valence-corrected chi connectivity index (χ4v) is 10.0. The zero-order valence-electron chi connectivity index (χ0n) is 23.9. The molecule has 1 N–H and O–H groups in total. The number of hydrogen-bond donors (Lipinski definition) is 1. The number of rotatable bonds is 6. The van der Waals surface area contributed by atoms with Gasteiger partial charge in [0.15, 0.2) is 23.5 Å². The van der Waals surface area contributed by atoms with E-state index in [0.29, 0.717) is 11.4 Å². The van der Waals surface area contributed by atoms with Gasteiger partial charge in [-0.15, -0.1) is 0 Å². The Morgan fingerprint density at radius 1 is 1.22 bits per heavy atom. The normalized spacial score (nSPS) is 41.0. The monoisotopic (exact) mass is 574 g/mol. The lowest BCUT2D eigenvalue weighted by Crippen LogP contribution is -2.63. The van der Waals surface area contributed by atoms with Gasteiger partial charge in [-0.1, -0.05) is 62.7 Å². The van der Waals surface area contributed by atoms with Crippen LogP contribution in [0.15, 0.2) is 59.3 Å². The van der Waals surface area contributed by atoms with Crippen molar-refractivity contribution in [3.05, 3.63) is 54.3 Å². The topological polar surface area (TPSA) is 98.6 Å². The Hall–Kier alpha value is -2.39. The number of aliphatic hydroxyl groups excluding tert-OH is 1. The second-order valence-corrected chi connectivity index (χ2v) is 14.0. The summed E-state index contributed by atoms with van der Waals surface area (Å²) in [7, 11) is 0. The summed E-state index contributed by atoms with van der Waals surface area (Å²) in [5, 5.41) is 12.6. The third kappa shape index (κ3) is 3.97. The average molecular weight is 575 g/mol. The van der Waals surface area contributed by atoms with Crippen molar-refractivity contribution in [3.63, 3.8) is 0 Å². The standard InChI is InChI=1S/C33H38N2O5S/c1-4-7-29-39-27-15-22-21-11-10-19-14-20(36)12-13-31(19,2)30(21)25(37)16-32(22,3)33(27,40-29)26(38)18-41-28-17-34-23-8-5-6-9-24(23)35-28/h5-6,8-9,12-14,17,21-22,25,27,29-30,37H,4,7,10-11,15-16,18H2,1-3H3/t21?,22?,25-,27+,29?,30?,31?,32?,33+/m0/s1. The van der Waals surface area contributed by atoms with Crippen LogP contribution in [-0.2, 0) is 19.1 Å². The Balaban J connectivity index is 1.21. The molecule has 4 fully saturated rings. The van der Waals surface area contributed by atoms with Gasteiger partial charge >= 0.3 is 0 Å². The molecule has 2 heterocycles. The van der Waals surface area contributed by atoms with Crippen molar-refractivity contribution in [2.45, 2.75) is 88.4 Å². The Kier molecular flexibility index (Phi) is 6.58. The minimum atomic E-state index is -1.11. The average Bonchev–Trinajstić information content (AvgIpc) is 3.44. The molecule has 1 aromatic carbocycles. The van der Waals surface area contributed by atoms with Gasteiger partial charge in [-0.05, 0) is 68.2 Å². The second kappa shape index (κ2) is 9.83. The molecule has 7 nitrogen and oxygen atoms in total. The first-order valence-corrected chi connectivity index (χ1v) is 16.0. The van der Waals surface area contributed by atoms with Crippen molar-refractivity contribution in [2.75, 3.05) is 5.75 Å². The van der Waals surface area contributed by atoms with Gasteiger partial charge in [0.1, 0.15) is 5.03 Å². The molecule has 216 valence electrons. The molecule has 4 aliphatic carbocycles. The molecule has 1 aromatic heterocycles. The zero-order valence-corrected chi connectivity index (χ0v) is 24.7. The van der Waals surface area contributed by atoms with E-state index in [0.717, 1.165) is 48.7 Å². The van der Waals surface area contributed by atoms with Crippen LogP contribution in [0.1, 0.15) is 59.3 Å². The van der Waals surface area contributed by atoms with E-state index >= 15 is 0 Å². The molecule has 1 saturated heterocycles. The van der Waals surface area contributed by atoms with Crippen molar-refractivity contribution >= 4 is 34.4 Å². The van der Waals surface area contributed by atoms with Crippen LogP contribution in [-0.4, -0.2) is 56.5 Å². The van der Waals surface area contributed by atoms with E-state index in [1.54, 1.807) is 18.3 Å². The van der Waals surface area contributed by atoms with Crippen molar-refractivity contribution in [3.8, 4) is 0 Å². The summed E-state index contributed by atoms with van der Waals surface area (Å²) in [4.78, 5) is 35.9. The fraction of sp³-hybridized carbons (Fsp3) is 0.576. The Labute approximate surface area is 245 Å². The summed E-state index contributed by atoms with van der Waals surface area (Å²) in [6.45, 7) is 6.44. The number of ketones is 2. The van der Waals surface area contributed by atoms with E-state index in [1.165, 1.54) is 11.8 Å². The predicted molar refractivity (Wildman–Crippen MR) is 156 cm³/mol. The lowest BCUT2D eigenvalue weighted by molar-refractivity contribution is -0.197. The molecule has 2 aromatic rings. The van der Waals surface area contributed by atoms with E-state index in [4.69, 9.17) is 14.5 Å². The van der Waals surface area contributed by atoms with Crippen LogP contribution in [0, 0.1) is 28.6 Å². The van der Waals surface area contributed by atoms with E-state index in [2.05, 4.69) is 25.8 Å². The number of ether oxygens (including phenoxy) is 2. The summed E-state index contributed by atoms with van der Waals surface area (Å²) >= 11 is 1.39. The number of Topliss-reactive ketones (excluding diaryl/α,β-unsaturated/α-hetero) is 1. The van der Waals surface area contributed by atoms with E-state index < -0.39 is 23.4 Å². The summed E-state index contributed by atoms with van der Waals surface area (Å²) < 4.78 is 13.3. The predicted octanol–water partition coefficient (Wildman–Crippen LogP) is 5.46. The molecule has 0 radical (unpaired) electrons. The quantitative estimate of drug-likeness (QED) is 0.454. The molecular formula is C33H38N2O5S. The number of carbonyl (C=O) groups is 2. The third-order valence-electron chi connectivity index (χ3n) is 11.0. The van der Waals surface area contributed by atoms with Gasteiger partial charge in [-0.25, -0.2) is 4.98 Å². The number of aromatic nitrogens is 2. The van der Waals surface area contributed by atoms with E-state index in [1.807, 2.05) is 30.3 Å². The minimum absolute atomic E-state index is 0.00964. The van der Waals surface area contributed by atoms with Crippen molar-refractivity contribution < 1.29 is 24.2 Å². The number of hydrogen-bond acceptors (Lipinski definition) is 8. The van der Waals surface area contributed by atoms with Gasteiger partial charge < -0.3 is 14.6 Å². The highest BCUT2D eigenvalue weighted by molar-refractivity contribution is 7.99. The van der Waals surface area contributed by atoms with Crippen LogP contribution in [0.25, 0.3) is 11.0 Å². The molecule has 0 bridgehead atoms. The molecule has 3 saturated carbocycles. The molecule has 0 amide bonds. The highest BCUT2D eigenvalue weighted by Crippen LogP contribution is 2.69. The van der Waals surface area contributed by atoms with Crippen LogP contribution < -0.4 is 0 Å². The Morgan fingerprint density at radius 3 is 2.83 bits per heavy atom. The Bertz CT molecular complexity index is 1470. The van der Waals surface area contributed by atoms with Gasteiger partial charge in [-0.2, -0.15) is 0 Å². The zero-order chi connectivity index (χ0) is 28.6. The van der Waals surface area contributed by atoms with Crippen molar-refractivity contribution in [1.29, 1.82) is 0 Å². The highest BCUT2D eigenvalue weighted by atomic mass is 32.2. The van der Waals surface area contributed by atoms with Crippen LogP contribution in [0.4, 0.5) is 0 Å². The minimum Gasteiger partial charge on any atom is -0.393 e. The van der Waals surface area contributed by atoms with E-state index in [9.17, 15) is 14.7 Å². The number of carbonyl (C=O) groups excluding carboxylic acids is 2. The summed E-state index contributed by atoms with van der Waals surface area (Å²) in [6, 6.07) is 7.72. The Morgan fingerprint density at radius 2 is 2.02 bits per heavy atom. The molecular weight excluding hydrogens is 536 g/mol. The number of nitrogens with zero attached hydrogens (tertiary/aromatic N) is 2. The first-order valence-electron chi connectivity index (χ1n) is 15.0. The number of para-hydroxylation sites is 2. The first kappa shape index (κ1) is 27.4. The molecule has 5 aliphatic rings. The lowest BCUT2D eigenvalue weighted by Gasteiger charge is -2.59. The van der Waals surface area contributed by atoms with E-state index in [-0.39, 0.29) is 46.6 Å². The number of benzene rings is 1. The molecule has 7 rings (SSSR count). The smallest absolute Gasteiger partial charge is 0.178 e. The summed E-state index contributed by atoms with van der Waals surface area (Å²) in [6.07, 6.45) is 10.4. The van der Waals surface area contributed by atoms with Crippen molar-refractivity contribution in [2.24, 2.45) is 28.6 Å². The van der Waals surface area contributed by atoms with Gasteiger partial charge in [-0.3, -0.25) is 14.6 Å². The molecule has 1 aliphatic heterocycles. The number of allylic oxidation sites excluding steroid dienone is 4. The summed E-state index contributed by atoms with van der Waals surface area (Å²) in [5.41, 5.74) is 0.710.